The van der Waals surface area contributed by atoms with E-state index < -0.39 is 11.7 Å². The molecule has 0 amide bonds. The number of rotatable bonds is 8. The number of likely N-dealkylation sites (tertiary alicyclic amines) is 1. The van der Waals surface area contributed by atoms with Crippen LogP contribution in [0.3, 0.4) is 0 Å². The number of alkyl halides is 3. The molecule has 0 saturated carbocycles. The molecular weight excluding hydrogens is 585 g/mol. The molecule has 4 aromatic heterocycles. The Morgan fingerprint density at radius 1 is 1.12 bits per heavy atom. The number of halogens is 4. The second-order valence-corrected chi connectivity index (χ2v) is 11.1. The Hall–Kier alpha value is -4.14. The van der Waals surface area contributed by atoms with Gasteiger partial charge in [-0.25, -0.2) is 14.5 Å². The topological polar surface area (TPSA) is 101 Å². The third kappa shape index (κ3) is 5.65. The minimum absolute atomic E-state index is 0.233. The van der Waals surface area contributed by atoms with Gasteiger partial charge in [-0.2, -0.15) is 23.3 Å². The number of aryl methyl sites for hydroxylation is 1. The highest BCUT2D eigenvalue weighted by Gasteiger charge is 2.32. The summed E-state index contributed by atoms with van der Waals surface area (Å²) in [6, 6.07) is 4.39. The molecular formula is C28H30ClF3N10O. The zero-order valence-corrected chi connectivity index (χ0v) is 24.7. The smallest absolute Gasteiger partial charge is 0.416 e. The molecule has 11 nitrogen and oxygen atoms in total. The standard InChI is InChI=1S/C28H30ClF3N10O/c1-33-25-23-21(13-36-42(23)8-6-34-25)43-20-12-35-26-24(22(20)29)40(4)27(38-26)37-18-10-16(9-17(11-18)28(30,31)32)14-41-7-5-19(15-41)39(2)3/h6,8-13,19H,5,7,14-15H2,1-4H3,(H,33,34)(H,35,37,38)/t19-/m0/s1. The molecule has 226 valence electrons. The van der Waals surface area contributed by atoms with E-state index in [4.69, 9.17) is 16.3 Å². The predicted octanol–water partition coefficient (Wildman–Crippen LogP) is 5.40. The van der Waals surface area contributed by atoms with Crippen molar-refractivity contribution < 1.29 is 17.9 Å². The van der Waals surface area contributed by atoms with Crippen LogP contribution >= 0.6 is 11.6 Å². The van der Waals surface area contributed by atoms with Gasteiger partial charge in [0.05, 0.1) is 18.0 Å². The lowest BCUT2D eigenvalue weighted by Gasteiger charge is -2.21. The number of likely N-dealkylation sites (N-methyl/N-ethyl adjacent to an activating group) is 1. The molecule has 43 heavy (non-hydrogen) atoms. The summed E-state index contributed by atoms with van der Waals surface area (Å²) in [4.78, 5) is 17.5. The summed E-state index contributed by atoms with van der Waals surface area (Å²) >= 11 is 6.77. The van der Waals surface area contributed by atoms with Crippen LogP contribution in [-0.4, -0.2) is 79.2 Å². The highest BCUT2D eigenvalue weighted by molar-refractivity contribution is 6.36. The molecule has 1 fully saturated rings. The first-order valence-electron chi connectivity index (χ1n) is 13.6. The van der Waals surface area contributed by atoms with Crippen molar-refractivity contribution in [2.75, 3.05) is 44.9 Å². The maximum atomic E-state index is 13.9. The van der Waals surface area contributed by atoms with Crippen molar-refractivity contribution in [2.24, 2.45) is 7.05 Å². The lowest BCUT2D eigenvalue weighted by atomic mass is 10.1. The van der Waals surface area contributed by atoms with Crippen LogP contribution in [0.25, 0.3) is 16.7 Å². The van der Waals surface area contributed by atoms with Crippen molar-refractivity contribution in [1.29, 1.82) is 0 Å². The van der Waals surface area contributed by atoms with Crippen LogP contribution < -0.4 is 15.4 Å². The minimum atomic E-state index is -4.51. The molecule has 1 aromatic carbocycles. The molecule has 6 rings (SSSR count). The van der Waals surface area contributed by atoms with Crippen molar-refractivity contribution in [3.05, 3.63) is 59.1 Å². The number of aromatic nitrogens is 6. The molecule has 2 N–H and O–H groups in total. The molecule has 1 aliphatic rings. The largest absolute Gasteiger partial charge is 0.450 e. The number of anilines is 3. The lowest BCUT2D eigenvalue weighted by Crippen LogP contribution is -2.31. The Balaban J connectivity index is 1.30. The third-order valence-corrected chi connectivity index (χ3v) is 7.98. The molecule has 0 radical (unpaired) electrons. The Bertz CT molecular complexity index is 1800. The Kier molecular flexibility index (Phi) is 7.52. The van der Waals surface area contributed by atoms with Crippen LogP contribution in [-0.2, 0) is 19.8 Å². The maximum Gasteiger partial charge on any atom is 0.416 e. The van der Waals surface area contributed by atoms with Gasteiger partial charge in [0, 0.05) is 57.9 Å². The van der Waals surface area contributed by atoms with Gasteiger partial charge in [0.15, 0.2) is 28.5 Å². The van der Waals surface area contributed by atoms with Gasteiger partial charge in [-0.15, -0.1) is 0 Å². The Morgan fingerprint density at radius 3 is 2.65 bits per heavy atom. The summed E-state index contributed by atoms with van der Waals surface area (Å²) in [6.45, 7) is 2.03. The summed E-state index contributed by atoms with van der Waals surface area (Å²) in [5.41, 5.74) is 1.46. The summed E-state index contributed by atoms with van der Waals surface area (Å²) in [6.07, 6.45) is 2.76. The van der Waals surface area contributed by atoms with Crippen molar-refractivity contribution in [3.63, 3.8) is 0 Å². The first-order valence-corrected chi connectivity index (χ1v) is 14.0. The van der Waals surface area contributed by atoms with Gasteiger partial charge < -0.3 is 24.8 Å². The van der Waals surface area contributed by atoms with Gasteiger partial charge in [-0.05, 0) is 44.3 Å². The Labute approximate surface area is 250 Å². The van der Waals surface area contributed by atoms with Crippen LogP contribution in [0, 0.1) is 0 Å². The summed E-state index contributed by atoms with van der Waals surface area (Å²) in [7, 11) is 7.48. The zero-order chi connectivity index (χ0) is 30.5. The quantitative estimate of drug-likeness (QED) is 0.238. The van der Waals surface area contributed by atoms with Gasteiger partial charge in [0.1, 0.15) is 10.5 Å². The number of nitrogens with one attached hydrogen (secondary N) is 2. The second kappa shape index (κ2) is 11.2. The van der Waals surface area contributed by atoms with E-state index in [1.54, 1.807) is 47.8 Å². The maximum absolute atomic E-state index is 13.9. The van der Waals surface area contributed by atoms with Gasteiger partial charge in [-0.1, -0.05) is 11.6 Å². The number of benzene rings is 1. The van der Waals surface area contributed by atoms with Gasteiger partial charge in [0.2, 0.25) is 5.95 Å². The molecule has 0 unspecified atom stereocenters. The number of hydrogen-bond acceptors (Lipinski definition) is 9. The SMILES string of the molecule is CNc1nccn2ncc(Oc3cnc4nc(Nc5cc(CN6CC[C@H](N(C)C)C6)cc(C(F)(F)F)c5)n(C)c4c3Cl)c12. The van der Waals surface area contributed by atoms with Crippen LogP contribution in [0.4, 0.5) is 30.6 Å². The molecule has 5 aromatic rings. The average molecular weight is 615 g/mol. The van der Waals surface area contributed by atoms with Crippen LogP contribution in [0.2, 0.25) is 5.02 Å². The number of imidazole rings is 1. The number of pyridine rings is 1. The van der Waals surface area contributed by atoms with E-state index in [0.717, 1.165) is 25.6 Å². The summed E-state index contributed by atoms with van der Waals surface area (Å²) < 4.78 is 51.0. The van der Waals surface area contributed by atoms with E-state index >= 15 is 0 Å². The van der Waals surface area contributed by atoms with E-state index in [9.17, 15) is 13.2 Å². The summed E-state index contributed by atoms with van der Waals surface area (Å²) in [5.74, 6) is 1.51. The highest BCUT2D eigenvalue weighted by Crippen LogP contribution is 2.38. The molecule has 1 aliphatic heterocycles. The van der Waals surface area contributed by atoms with Crippen molar-refractivity contribution >= 4 is 45.7 Å². The number of nitrogens with zero attached hydrogens (tertiary/aromatic N) is 8. The fraction of sp³-hybridized carbons (Fsp3) is 0.357. The fourth-order valence-corrected chi connectivity index (χ4v) is 5.67. The van der Waals surface area contributed by atoms with Crippen molar-refractivity contribution in [1.82, 2.24) is 38.9 Å². The number of hydrogen-bond donors (Lipinski definition) is 2. The van der Waals surface area contributed by atoms with Gasteiger partial charge in [-0.3, -0.25) is 4.90 Å². The number of ether oxygens (including phenoxy) is 1. The van der Waals surface area contributed by atoms with E-state index in [1.165, 1.54) is 12.3 Å². The summed E-state index contributed by atoms with van der Waals surface area (Å²) in [5, 5.41) is 10.6. The molecule has 0 spiro atoms. The minimum Gasteiger partial charge on any atom is -0.450 e. The molecule has 1 saturated heterocycles. The van der Waals surface area contributed by atoms with Crippen LogP contribution in [0.1, 0.15) is 17.5 Å². The van der Waals surface area contributed by atoms with Crippen molar-refractivity contribution in [2.45, 2.75) is 25.2 Å². The molecule has 15 heteroatoms. The second-order valence-electron chi connectivity index (χ2n) is 10.7. The average Bonchev–Trinajstić information content (AvgIpc) is 3.68. The third-order valence-electron chi connectivity index (χ3n) is 7.62. The van der Waals surface area contributed by atoms with Gasteiger partial charge >= 0.3 is 6.18 Å². The lowest BCUT2D eigenvalue weighted by molar-refractivity contribution is -0.137. The first kappa shape index (κ1) is 29.0. The van der Waals surface area contributed by atoms with E-state index in [2.05, 4.69) is 40.5 Å². The highest BCUT2D eigenvalue weighted by atomic mass is 35.5. The molecule has 0 bridgehead atoms. The molecule has 1 atom stereocenters. The van der Waals surface area contributed by atoms with E-state index in [0.29, 0.717) is 46.4 Å². The monoisotopic (exact) mass is 614 g/mol. The van der Waals surface area contributed by atoms with E-state index in [1.807, 2.05) is 14.1 Å². The van der Waals surface area contributed by atoms with Crippen molar-refractivity contribution in [3.8, 4) is 11.5 Å². The van der Waals surface area contributed by atoms with Crippen LogP contribution in [0.15, 0.2) is 43.0 Å². The first-order chi connectivity index (χ1) is 20.5. The van der Waals surface area contributed by atoms with Crippen LogP contribution in [0.5, 0.6) is 11.5 Å². The normalized spacial score (nSPS) is 16.1. The fourth-order valence-electron chi connectivity index (χ4n) is 5.37. The van der Waals surface area contributed by atoms with Gasteiger partial charge in [0.25, 0.3) is 0 Å². The Morgan fingerprint density at radius 2 is 1.93 bits per heavy atom. The molecule has 0 aliphatic carbocycles. The van der Waals surface area contributed by atoms with E-state index in [-0.39, 0.29) is 22.4 Å². The molecule has 5 heterocycles. The predicted molar refractivity (Wildman–Crippen MR) is 158 cm³/mol. The zero-order valence-electron chi connectivity index (χ0n) is 23.9. The number of fused-ring (bicyclic) bond motifs is 2.